The Morgan fingerprint density at radius 1 is 1.27 bits per heavy atom. The molecule has 1 heterocycles. The van der Waals surface area contributed by atoms with Crippen LogP contribution in [-0.4, -0.2) is 22.6 Å². The normalized spacial score (nSPS) is 16.7. The largest absolute Gasteiger partial charge is 0.368 e. The molecule has 1 aliphatic rings. The maximum atomic E-state index is 13.7. The lowest BCUT2D eigenvalue weighted by Crippen LogP contribution is -2.53. The topological polar surface area (TPSA) is 89.2 Å². The summed E-state index contributed by atoms with van der Waals surface area (Å²) in [6.45, 7) is 3.01. The fourth-order valence-corrected chi connectivity index (χ4v) is 2.06. The minimum absolute atomic E-state index is 0. The Bertz CT molecular complexity index is 638. The number of rotatable bonds is 3. The van der Waals surface area contributed by atoms with Crippen LogP contribution in [-0.2, 0) is 11.4 Å². The van der Waals surface area contributed by atoms with Gasteiger partial charge in [0.25, 0.3) is 0 Å². The summed E-state index contributed by atoms with van der Waals surface area (Å²) in [4.78, 5) is 13.2. The van der Waals surface area contributed by atoms with Crippen molar-refractivity contribution in [3.05, 3.63) is 34.4 Å². The Hall–Kier alpha value is -1.45. The molecule has 0 saturated carbocycles. The molecule has 4 N–H and O–H groups in total. The van der Waals surface area contributed by atoms with Gasteiger partial charge < -0.3 is 11.5 Å². The lowest BCUT2D eigenvalue weighted by Gasteiger charge is -2.36. The van der Waals surface area contributed by atoms with E-state index in [1.807, 2.05) is 0 Å². The van der Waals surface area contributed by atoms with Crippen molar-refractivity contribution in [3.8, 4) is 0 Å². The van der Waals surface area contributed by atoms with Crippen molar-refractivity contribution >= 4 is 40.5 Å². The third-order valence-corrected chi connectivity index (χ3v) is 3.21. The molecule has 2 rings (SSSR count). The van der Waals surface area contributed by atoms with Crippen molar-refractivity contribution in [2.75, 3.05) is 0 Å². The third-order valence-electron chi connectivity index (χ3n) is 2.80. The van der Waals surface area contributed by atoms with E-state index in [1.54, 1.807) is 13.8 Å². The molecule has 10 heteroatoms. The van der Waals surface area contributed by atoms with Gasteiger partial charge in [0.2, 0.25) is 11.9 Å². The highest BCUT2D eigenvalue weighted by molar-refractivity contribution is 8.93. The second kappa shape index (κ2) is 6.76. The first-order valence-corrected chi connectivity index (χ1v) is 6.35. The Balaban J connectivity index is 0.00000242. The molecule has 0 amide bonds. The molecule has 0 radical (unpaired) electrons. The van der Waals surface area contributed by atoms with Crippen molar-refractivity contribution in [1.82, 2.24) is 5.06 Å². The van der Waals surface area contributed by atoms with E-state index in [4.69, 9.17) is 27.9 Å². The number of guanidine groups is 2. The van der Waals surface area contributed by atoms with Crippen LogP contribution >= 0.6 is 28.6 Å². The SMILES string of the molecule is Br.CC1(C)N=C(N)N=C(N)N1OCc1c(F)ccc(F)c1Cl. The maximum Gasteiger partial charge on any atom is 0.226 e. The zero-order valence-electron chi connectivity index (χ0n) is 11.8. The zero-order chi connectivity index (χ0) is 15.8. The summed E-state index contributed by atoms with van der Waals surface area (Å²) >= 11 is 5.72. The number of benzene rings is 1. The van der Waals surface area contributed by atoms with E-state index in [2.05, 4.69) is 9.98 Å². The van der Waals surface area contributed by atoms with Gasteiger partial charge in [-0.2, -0.15) is 10.1 Å². The Labute approximate surface area is 141 Å². The molecule has 0 fully saturated rings. The number of hydroxylamine groups is 2. The predicted octanol–water partition coefficient (Wildman–Crippen LogP) is 2.31. The van der Waals surface area contributed by atoms with Crippen molar-refractivity contribution < 1.29 is 13.6 Å². The molecule has 0 atom stereocenters. The second-order valence-corrected chi connectivity index (χ2v) is 5.20. The van der Waals surface area contributed by atoms with E-state index in [9.17, 15) is 8.78 Å². The van der Waals surface area contributed by atoms with E-state index in [1.165, 1.54) is 0 Å². The average Bonchev–Trinajstić information content (AvgIpc) is 2.35. The van der Waals surface area contributed by atoms with Crippen LogP contribution in [0.15, 0.2) is 22.1 Å². The minimum Gasteiger partial charge on any atom is -0.368 e. The van der Waals surface area contributed by atoms with Crippen molar-refractivity contribution in [2.45, 2.75) is 26.1 Å². The van der Waals surface area contributed by atoms with Crippen LogP contribution < -0.4 is 11.5 Å². The highest BCUT2D eigenvalue weighted by Crippen LogP contribution is 2.26. The summed E-state index contributed by atoms with van der Waals surface area (Å²) in [6, 6.07) is 1.90. The molecule has 0 aliphatic carbocycles. The van der Waals surface area contributed by atoms with E-state index in [-0.39, 0.29) is 46.1 Å². The first-order valence-electron chi connectivity index (χ1n) is 5.97. The van der Waals surface area contributed by atoms with E-state index < -0.39 is 17.3 Å². The average molecular weight is 399 g/mol. The molecule has 0 bridgehead atoms. The van der Waals surface area contributed by atoms with Crippen LogP contribution in [0.4, 0.5) is 8.78 Å². The minimum atomic E-state index is -0.938. The molecule has 0 aromatic heterocycles. The highest BCUT2D eigenvalue weighted by atomic mass is 79.9. The van der Waals surface area contributed by atoms with Gasteiger partial charge in [0.15, 0.2) is 5.66 Å². The van der Waals surface area contributed by atoms with Crippen molar-refractivity contribution in [3.63, 3.8) is 0 Å². The van der Waals surface area contributed by atoms with E-state index >= 15 is 0 Å². The van der Waals surface area contributed by atoms with Gasteiger partial charge in [0.05, 0.1) is 5.02 Å². The zero-order valence-corrected chi connectivity index (χ0v) is 14.3. The maximum absolute atomic E-state index is 13.7. The van der Waals surface area contributed by atoms with Gasteiger partial charge in [0, 0.05) is 5.56 Å². The fourth-order valence-electron chi connectivity index (χ4n) is 1.85. The Kier molecular flexibility index (Phi) is 5.71. The number of halogens is 4. The molecule has 122 valence electrons. The second-order valence-electron chi connectivity index (χ2n) is 4.82. The van der Waals surface area contributed by atoms with Crippen LogP contribution in [0.2, 0.25) is 5.02 Å². The quantitative estimate of drug-likeness (QED) is 0.765. The number of aliphatic imine (C=N–C) groups is 2. The molecule has 22 heavy (non-hydrogen) atoms. The number of hydrogen-bond acceptors (Lipinski definition) is 6. The smallest absolute Gasteiger partial charge is 0.226 e. The summed E-state index contributed by atoms with van der Waals surface area (Å²) in [6.07, 6.45) is 0. The molecule has 0 saturated heterocycles. The Morgan fingerprint density at radius 2 is 1.86 bits per heavy atom. The summed E-state index contributed by atoms with van der Waals surface area (Å²) in [7, 11) is 0. The number of nitrogens with two attached hydrogens (primary N) is 2. The number of hydrogen-bond donors (Lipinski definition) is 2. The van der Waals surface area contributed by atoms with Gasteiger partial charge in [-0.1, -0.05) is 11.6 Å². The third kappa shape index (κ3) is 3.65. The van der Waals surface area contributed by atoms with Crippen LogP contribution in [0, 0.1) is 11.6 Å². The van der Waals surface area contributed by atoms with E-state index in [0.29, 0.717) is 0 Å². The standard InChI is InChI=1S/C12H14ClF2N5O.BrH/c1-12(2)19-10(16)18-11(17)20(12)21-5-6-7(14)3-4-8(15)9(6)13;/h3-4H,5H2,1-2H3,(H4,16,17,18,19);1H. The van der Waals surface area contributed by atoms with Gasteiger partial charge in [-0.25, -0.2) is 13.8 Å². The lowest BCUT2D eigenvalue weighted by atomic mass is 10.2. The summed E-state index contributed by atoms with van der Waals surface area (Å²) in [5, 5.41) is 0.813. The van der Waals surface area contributed by atoms with Crippen molar-refractivity contribution in [1.29, 1.82) is 0 Å². The lowest BCUT2D eigenvalue weighted by molar-refractivity contribution is -0.167. The van der Waals surface area contributed by atoms with Crippen LogP contribution in [0.5, 0.6) is 0 Å². The first kappa shape index (κ1) is 18.6. The van der Waals surface area contributed by atoms with Gasteiger partial charge in [-0.3, -0.25) is 4.84 Å². The molecule has 0 unspecified atom stereocenters. The molecule has 1 aromatic rings. The van der Waals surface area contributed by atoms with Crippen LogP contribution in [0.25, 0.3) is 0 Å². The predicted molar refractivity (Wildman–Crippen MR) is 85.6 cm³/mol. The molecular formula is C12H15BrClF2N5O. The molecular weight excluding hydrogens is 384 g/mol. The fraction of sp³-hybridized carbons (Fsp3) is 0.333. The first-order chi connectivity index (χ1) is 9.72. The summed E-state index contributed by atoms with van der Waals surface area (Å²) < 4.78 is 27.0. The Morgan fingerprint density at radius 3 is 2.45 bits per heavy atom. The van der Waals surface area contributed by atoms with Gasteiger partial charge >= 0.3 is 0 Å². The summed E-state index contributed by atoms with van der Waals surface area (Å²) in [5.74, 6) is -1.46. The van der Waals surface area contributed by atoms with Gasteiger partial charge in [0.1, 0.15) is 18.2 Å². The van der Waals surface area contributed by atoms with Crippen LogP contribution in [0.3, 0.4) is 0 Å². The molecule has 1 aromatic carbocycles. The van der Waals surface area contributed by atoms with Crippen molar-refractivity contribution in [2.24, 2.45) is 21.5 Å². The van der Waals surface area contributed by atoms with Gasteiger partial charge in [-0.15, -0.1) is 17.0 Å². The monoisotopic (exact) mass is 397 g/mol. The van der Waals surface area contributed by atoms with Crippen LogP contribution in [0.1, 0.15) is 19.4 Å². The molecule has 6 nitrogen and oxygen atoms in total. The summed E-state index contributed by atoms with van der Waals surface area (Å²) in [5.41, 5.74) is 10.2. The number of nitrogens with zero attached hydrogens (tertiary/aromatic N) is 3. The molecule has 1 aliphatic heterocycles. The molecule has 0 spiro atoms. The highest BCUT2D eigenvalue weighted by Gasteiger charge is 2.33. The van der Waals surface area contributed by atoms with E-state index in [0.717, 1.165) is 17.2 Å². The van der Waals surface area contributed by atoms with Gasteiger partial charge in [-0.05, 0) is 26.0 Å².